The van der Waals surface area contributed by atoms with Crippen LogP contribution in [0.1, 0.15) is 34.3 Å². The van der Waals surface area contributed by atoms with E-state index in [1.165, 1.54) is 0 Å². The van der Waals surface area contributed by atoms with Crippen molar-refractivity contribution in [1.29, 1.82) is 0 Å². The zero-order chi connectivity index (χ0) is 23.1. The maximum atomic E-state index is 12.3. The molecule has 0 saturated heterocycles. The summed E-state index contributed by atoms with van der Waals surface area (Å²) < 4.78 is 6.08. The number of para-hydroxylation sites is 1. The highest BCUT2D eigenvalue weighted by molar-refractivity contribution is 6.43. The number of fused-ring (bicyclic) bond motifs is 2. The maximum Gasteiger partial charge on any atom is 0.336 e. The lowest BCUT2D eigenvalue weighted by Crippen LogP contribution is -2.31. The van der Waals surface area contributed by atoms with Crippen molar-refractivity contribution >= 4 is 64.1 Å². The predicted octanol–water partition coefficient (Wildman–Crippen LogP) is 7.30. The first-order chi connectivity index (χ1) is 16.0. The average molecular weight is 516 g/mol. The van der Waals surface area contributed by atoms with E-state index in [2.05, 4.69) is 11.8 Å². The molecule has 3 heterocycles. The van der Waals surface area contributed by atoms with Crippen molar-refractivity contribution in [3.8, 4) is 11.3 Å². The first kappa shape index (κ1) is 24.3. The fraction of sp³-hybridized carbons (Fsp3) is 0.154. The largest absolute Gasteiger partial charge is 0.478 e. The van der Waals surface area contributed by atoms with Crippen LogP contribution in [0.25, 0.3) is 33.9 Å². The molecule has 1 aliphatic heterocycles. The van der Waals surface area contributed by atoms with Gasteiger partial charge in [0.1, 0.15) is 11.5 Å². The van der Waals surface area contributed by atoms with Crippen LogP contribution in [0, 0.1) is 0 Å². The Morgan fingerprint density at radius 2 is 1.91 bits per heavy atom. The van der Waals surface area contributed by atoms with Crippen LogP contribution in [0.5, 0.6) is 0 Å². The van der Waals surface area contributed by atoms with Crippen LogP contribution in [0.3, 0.4) is 0 Å². The monoisotopic (exact) mass is 514 g/mol. The number of aromatic nitrogens is 1. The van der Waals surface area contributed by atoms with Crippen LogP contribution < -0.4 is 0 Å². The van der Waals surface area contributed by atoms with Crippen molar-refractivity contribution in [3.05, 3.63) is 87.2 Å². The molecule has 0 aliphatic carbocycles. The second-order valence-corrected chi connectivity index (χ2v) is 8.70. The minimum absolute atomic E-state index is 0. The van der Waals surface area contributed by atoms with Crippen LogP contribution in [-0.2, 0) is 6.54 Å². The van der Waals surface area contributed by atoms with Crippen LogP contribution in [0.4, 0.5) is 0 Å². The Morgan fingerprint density at radius 1 is 1.12 bits per heavy atom. The maximum absolute atomic E-state index is 12.3. The number of carbonyl (C=O) groups is 1. The first-order valence-corrected chi connectivity index (χ1v) is 11.3. The second kappa shape index (κ2) is 9.80. The quantitative estimate of drug-likeness (QED) is 0.309. The van der Waals surface area contributed by atoms with Crippen molar-refractivity contribution in [2.45, 2.75) is 13.5 Å². The molecule has 0 radical (unpaired) electrons. The lowest BCUT2D eigenvalue weighted by atomic mass is 9.92. The Kier molecular flexibility index (Phi) is 7.01. The third kappa shape index (κ3) is 4.32. The summed E-state index contributed by atoms with van der Waals surface area (Å²) in [5.74, 6) is 0.292. The lowest BCUT2D eigenvalue weighted by molar-refractivity contribution is 0.0696. The van der Waals surface area contributed by atoms with Crippen LogP contribution in [0.15, 0.2) is 59.0 Å². The Hall–Kier alpha value is -2.83. The van der Waals surface area contributed by atoms with Gasteiger partial charge >= 0.3 is 5.97 Å². The van der Waals surface area contributed by atoms with E-state index < -0.39 is 5.97 Å². The van der Waals surface area contributed by atoms with Gasteiger partial charge < -0.3 is 9.52 Å². The Morgan fingerprint density at radius 3 is 2.68 bits per heavy atom. The summed E-state index contributed by atoms with van der Waals surface area (Å²) in [5, 5.41) is 11.6. The molecule has 0 atom stereocenters. The van der Waals surface area contributed by atoms with Crippen molar-refractivity contribution < 1.29 is 14.3 Å². The molecule has 0 fully saturated rings. The van der Waals surface area contributed by atoms with Gasteiger partial charge in [-0.3, -0.25) is 4.90 Å². The topological polar surface area (TPSA) is 66.6 Å². The number of pyridine rings is 1. The molecule has 0 saturated carbocycles. The number of rotatable bonds is 4. The van der Waals surface area contributed by atoms with E-state index in [4.69, 9.17) is 32.6 Å². The number of nitrogens with zero attached hydrogens (tertiary/aromatic N) is 2. The highest BCUT2D eigenvalue weighted by Crippen LogP contribution is 2.37. The number of hydrogen-bond acceptors (Lipinski definition) is 4. The van der Waals surface area contributed by atoms with E-state index in [-0.39, 0.29) is 12.4 Å². The summed E-state index contributed by atoms with van der Waals surface area (Å²) in [4.78, 5) is 19.3. The third-order valence-corrected chi connectivity index (χ3v) is 6.71. The molecule has 0 amide bonds. The van der Waals surface area contributed by atoms with E-state index in [0.717, 1.165) is 17.7 Å². The van der Waals surface area contributed by atoms with Gasteiger partial charge in [0.15, 0.2) is 0 Å². The normalized spacial score (nSPS) is 14.7. The Balaban J connectivity index is 0.00000274. The van der Waals surface area contributed by atoms with Crippen LogP contribution >= 0.6 is 35.6 Å². The van der Waals surface area contributed by atoms with Gasteiger partial charge in [0, 0.05) is 29.6 Å². The molecule has 1 N–H and O–H groups in total. The van der Waals surface area contributed by atoms with Crippen molar-refractivity contribution in [2.75, 3.05) is 13.1 Å². The van der Waals surface area contributed by atoms with Gasteiger partial charge in [-0.2, -0.15) is 0 Å². The zero-order valence-electron chi connectivity index (χ0n) is 18.2. The number of benzene rings is 2. The Bertz CT molecular complexity index is 1430. The van der Waals surface area contributed by atoms with E-state index in [9.17, 15) is 9.90 Å². The summed E-state index contributed by atoms with van der Waals surface area (Å²) in [7, 11) is 0. The van der Waals surface area contributed by atoms with Crippen molar-refractivity contribution in [3.63, 3.8) is 0 Å². The van der Waals surface area contributed by atoms with Gasteiger partial charge in [-0.15, -0.1) is 12.4 Å². The molecule has 1 aliphatic rings. The SMILES string of the molecule is CCN1C/C(=C/c2ccc(-c3cccc(Cl)c3Cl)o2)c2nc3ccccc3c(C(=O)O)c2C1.Cl. The molecular formula is C26H21Cl3N2O3. The van der Waals surface area contributed by atoms with E-state index in [1.54, 1.807) is 6.07 Å². The summed E-state index contributed by atoms with van der Waals surface area (Å²) in [6, 6.07) is 16.5. The van der Waals surface area contributed by atoms with Gasteiger partial charge in [-0.05, 0) is 48.5 Å². The van der Waals surface area contributed by atoms with E-state index in [1.807, 2.05) is 54.6 Å². The van der Waals surface area contributed by atoms with Gasteiger partial charge in [0.2, 0.25) is 0 Å². The zero-order valence-corrected chi connectivity index (χ0v) is 20.5. The van der Waals surface area contributed by atoms with Gasteiger partial charge in [-0.25, -0.2) is 9.78 Å². The van der Waals surface area contributed by atoms with Crippen molar-refractivity contribution in [1.82, 2.24) is 9.88 Å². The van der Waals surface area contributed by atoms with Crippen LogP contribution in [-0.4, -0.2) is 34.0 Å². The Labute approximate surface area is 213 Å². The first-order valence-electron chi connectivity index (χ1n) is 10.6. The molecule has 0 spiro atoms. The fourth-order valence-electron chi connectivity index (χ4n) is 4.29. The molecule has 4 aromatic rings. The number of carboxylic acid groups (broad SMARTS) is 1. The van der Waals surface area contributed by atoms with Gasteiger partial charge in [-0.1, -0.05) is 54.4 Å². The van der Waals surface area contributed by atoms with Gasteiger partial charge in [0.25, 0.3) is 0 Å². The minimum atomic E-state index is -0.946. The standard InChI is InChI=1S/C26H20Cl2N2O3.ClH/c1-2-30-13-15(12-16-10-11-22(33-16)18-7-5-8-20(27)24(18)28)25-19(14-30)23(26(31)32)17-6-3-4-9-21(17)29-25;/h3-12H,2,13-14H2,1H3,(H,31,32);1H/b15-12-;. The molecule has 2 aromatic carbocycles. The summed E-state index contributed by atoms with van der Waals surface area (Å²) in [6.07, 6.45) is 1.93. The number of furan rings is 1. The van der Waals surface area contributed by atoms with Crippen molar-refractivity contribution in [2.24, 2.45) is 0 Å². The number of aromatic carboxylic acids is 1. The van der Waals surface area contributed by atoms with Crippen LogP contribution in [0.2, 0.25) is 10.0 Å². The molecule has 2 aromatic heterocycles. The molecule has 5 nitrogen and oxygen atoms in total. The minimum Gasteiger partial charge on any atom is -0.478 e. The highest BCUT2D eigenvalue weighted by Gasteiger charge is 2.28. The number of hydrogen-bond donors (Lipinski definition) is 1. The summed E-state index contributed by atoms with van der Waals surface area (Å²) in [5.41, 5.74) is 4.02. The fourth-order valence-corrected chi connectivity index (χ4v) is 4.68. The lowest BCUT2D eigenvalue weighted by Gasteiger charge is -2.30. The molecule has 174 valence electrons. The molecular weight excluding hydrogens is 495 g/mol. The molecule has 5 rings (SSSR count). The molecule has 34 heavy (non-hydrogen) atoms. The average Bonchev–Trinajstić information content (AvgIpc) is 3.27. The highest BCUT2D eigenvalue weighted by atomic mass is 35.5. The van der Waals surface area contributed by atoms with E-state index >= 15 is 0 Å². The second-order valence-electron chi connectivity index (χ2n) is 7.91. The number of carboxylic acids is 1. The van der Waals surface area contributed by atoms with E-state index in [0.29, 0.717) is 62.4 Å². The predicted molar refractivity (Wildman–Crippen MR) is 139 cm³/mol. The molecule has 8 heteroatoms. The van der Waals surface area contributed by atoms with Gasteiger partial charge in [0.05, 0.1) is 26.8 Å². The molecule has 0 bridgehead atoms. The summed E-state index contributed by atoms with van der Waals surface area (Å²) >= 11 is 12.5. The number of halogens is 3. The number of likely N-dealkylation sites (N-methyl/N-ethyl adjacent to an activating group) is 1. The smallest absolute Gasteiger partial charge is 0.336 e. The summed E-state index contributed by atoms with van der Waals surface area (Å²) in [6.45, 7) is 4.01. The molecule has 0 unspecified atom stereocenters. The third-order valence-electron chi connectivity index (χ3n) is 5.89.